The van der Waals surface area contributed by atoms with Gasteiger partial charge in [-0.15, -0.1) is 0 Å². The number of hydrogen-bond acceptors (Lipinski definition) is 7. The van der Waals surface area contributed by atoms with Crippen LogP contribution in [-0.2, 0) is 6.54 Å². The molecule has 10 nitrogen and oxygen atoms in total. The van der Waals surface area contributed by atoms with Gasteiger partial charge in [0.2, 0.25) is 0 Å². The number of hydrogen-bond donors (Lipinski definition) is 2. The Hall–Kier alpha value is -5.18. The third kappa shape index (κ3) is 5.62. The molecule has 2 N–H and O–H groups in total. The molecule has 0 fully saturated rings. The normalized spacial score (nSPS) is 10.5. The van der Waals surface area contributed by atoms with E-state index < -0.39 is 28.0 Å². The number of nitrogens with one attached hydrogen (secondary N) is 2. The number of nitro groups is 1. The molecule has 0 spiro atoms. The van der Waals surface area contributed by atoms with E-state index in [1.807, 2.05) is 6.92 Å². The lowest BCUT2D eigenvalue weighted by atomic mass is 10.1. The Morgan fingerprint density at radius 1 is 1.16 bits per heavy atom. The molecule has 0 radical (unpaired) electrons. The smallest absolute Gasteiger partial charge is 0.311 e. The zero-order chi connectivity index (χ0) is 27.2. The molecule has 4 rings (SSSR count). The van der Waals surface area contributed by atoms with Crippen molar-refractivity contribution in [3.05, 3.63) is 104 Å². The first-order valence-corrected chi connectivity index (χ1v) is 11.3. The number of nitrogens with zero attached hydrogens (tertiary/aromatic N) is 4. The Morgan fingerprint density at radius 2 is 1.97 bits per heavy atom. The Balaban J connectivity index is 1.48. The molecule has 192 valence electrons. The van der Waals surface area contributed by atoms with Crippen LogP contribution in [0.15, 0.2) is 59.9 Å². The van der Waals surface area contributed by atoms with Crippen LogP contribution in [0.25, 0.3) is 10.9 Å². The zero-order valence-electron chi connectivity index (χ0n) is 20.0. The Labute approximate surface area is 214 Å². The van der Waals surface area contributed by atoms with E-state index in [4.69, 9.17) is 0 Å². The molecule has 0 aliphatic rings. The predicted octanol–water partition coefficient (Wildman–Crippen LogP) is 3.24. The van der Waals surface area contributed by atoms with Crippen molar-refractivity contribution < 1.29 is 18.5 Å². The van der Waals surface area contributed by atoms with Crippen LogP contribution in [0.3, 0.4) is 0 Å². The van der Waals surface area contributed by atoms with Gasteiger partial charge in [0.05, 0.1) is 29.9 Å². The summed E-state index contributed by atoms with van der Waals surface area (Å²) in [5.41, 5.74) is 0.722. The van der Waals surface area contributed by atoms with Gasteiger partial charge < -0.3 is 10.6 Å². The number of benzene rings is 2. The van der Waals surface area contributed by atoms with Gasteiger partial charge >= 0.3 is 5.69 Å². The van der Waals surface area contributed by atoms with E-state index in [1.54, 1.807) is 18.2 Å². The molecule has 0 aliphatic heterocycles. The van der Waals surface area contributed by atoms with Gasteiger partial charge in [0.15, 0.2) is 11.6 Å². The zero-order valence-corrected chi connectivity index (χ0v) is 20.0. The molecule has 0 aliphatic carbocycles. The SMILES string of the molecule is CCNc1c([N+](=O)[O-])cnc2ccc(C#CCNC(=O)c3cncn(Cc4ccc(F)c(F)c4)c3=O)cc12. The fraction of sp³-hybridized carbons (Fsp3) is 0.154. The topological polar surface area (TPSA) is 132 Å². The van der Waals surface area contributed by atoms with Gasteiger partial charge in [-0.05, 0) is 42.8 Å². The molecular weight excluding hydrogens is 498 g/mol. The quantitative estimate of drug-likeness (QED) is 0.218. The highest BCUT2D eigenvalue weighted by Gasteiger charge is 2.18. The molecule has 0 unspecified atom stereocenters. The summed E-state index contributed by atoms with van der Waals surface area (Å²) in [6.07, 6.45) is 3.50. The molecule has 12 heteroatoms. The van der Waals surface area contributed by atoms with E-state index >= 15 is 0 Å². The third-order valence-corrected chi connectivity index (χ3v) is 5.45. The number of anilines is 1. The number of fused-ring (bicyclic) bond motifs is 1. The van der Waals surface area contributed by atoms with Crippen LogP contribution in [0.1, 0.15) is 28.4 Å². The van der Waals surface area contributed by atoms with Crippen molar-refractivity contribution in [3.63, 3.8) is 0 Å². The minimum atomic E-state index is -1.05. The number of rotatable bonds is 7. The summed E-state index contributed by atoms with van der Waals surface area (Å²) in [5.74, 6) is 2.90. The van der Waals surface area contributed by atoms with Crippen molar-refractivity contribution in [2.24, 2.45) is 0 Å². The Bertz CT molecular complexity index is 1680. The molecule has 2 aromatic heterocycles. The fourth-order valence-corrected chi connectivity index (χ4v) is 3.68. The van der Waals surface area contributed by atoms with Crippen molar-refractivity contribution in [2.75, 3.05) is 18.4 Å². The first kappa shape index (κ1) is 25.9. The van der Waals surface area contributed by atoms with Gasteiger partial charge in [-0.25, -0.2) is 18.7 Å². The minimum absolute atomic E-state index is 0.0956. The monoisotopic (exact) mass is 518 g/mol. The summed E-state index contributed by atoms with van der Waals surface area (Å²) in [5, 5.41) is 17.4. The standard InChI is InChI=1S/C26H20F2N6O4/c1-2-30-24-18-10-16(6-8-22(18)32-13-23(24)34(37)38)4-3-9-31-25(35)19-12-29-15-33(26(19)36)14-17-5-7-20(27)21(28)11-17/h5-8,10-13,15H,2,9,14H2,1H3,(H,30,32)(H,31,35). The van der Waals surface area contributed by atoms with Gasteiger partial charge in [-0.1, -0.05) is 17.9 Å². The van der Waals surface area contributed by atoms with Crippen molar-refractivity contribution >= 4 is 28.2 Å². The third-order valence-electron chi connectivity index (χ3n) is 5.45. The maximum absolute atomic E-state index is 13.5. The number of pyridine rings is 1. The number of carbonyl (C=O) groups is 1. The van der Waals surface area contributed by atoms with Crippen molar-refractivity contribution in [1.29, 1.82) is 0 Å². The summed E-state index contributed by atoms with van der Waals surface area (Å²) in [6.45, 7) is 2.09. The highest BCUT2D eigenvalue weighted by atomic mass is 19.2. The molecule has 0 atom stereocenters. The molecule has 4 aromatic rings. The number of amides is 1. The van der Waals surface area contributed by atoms with Gasteiger partial charge in [-0.3, -0.25) is 24.3 Å². The van der Waals surface area contributed by atoms with Gasteiger partial charge in [0, 0.05) is 23.7 Å². The van der Waals surface area contributed by atoms with Crippen LogP contribution < -0.4 is 16.2 Å². The second kappa shape index (κ2) is 11.3. The van der Waals surface area contributed by atoms with Gasteiger partial charge in [0.1, 0.15) is 17.4 Å². The second-order valence-electron chi connectivity index (χ2n) is 8.01. The lowest BCUT2D eigenvalue weighted by Crippen LogP contribution is -2.33. The summed E-state index contributed by atoms with van der Waals surface area (Å²) >= 11 is 0. The van der Waals surface area contributed by atoms with Gasteiger partial charge in [0.25, 0.3) is 11.5 Å². The predicted molar refractivity (Wildman–Crippen MR) is 136 cm³/mol. The molecule has 0 saturated carbocycles. The second-order valence-corrected chi connectivity index (χ2v) is 8.01. The molecule has 0 saturated heterocycles. The lowest BCUT2D eigenvalue weighted by molar-refractivity contribution is -0.384. The van der Waals surface area contributed by atoms with E-state index in [0.717, 1.165) is 22.9 Å². The minimum Gasteiger partial charge on any atom is -0.379 e. The number of carbonyl (C=O) groups excluding carboxylic acids is 1. The molecule has 38 heavy (non-hydrogen) atoms. The first-order valence-electron chi connectivity index (χ1n) is 11.3. The largest absolute Gasteiger partial charge is 0.379 e. The van der Waals surface area contributed by atoms with Crippen LogP contribution in [0, 0.1) is 33.6 Å². The van der Waals surface area contributed by atoms with Crippen molar-refractivity contribution in [1.82, 2.24) is 19.9 Å². The summed E-state index contributed by atoms with van der Waals surface area (Å²) in [6, 6.07) is 8.30. The molecule has 1 amide bonds. The van der Waals surface area contributed by atoms with Crippen molar-refractivity contribution in [2.45, 2.75) is 13.5 Å². The molecule has 2 aromatic carbocycles. The van der Waals surface area contributed by atoms with Crippen molar-refractivity contribution in [3.8, 4) is 11.8 Å². The Morgan fingerprint density at radius 3 is 2.71 bits per heavy atom. The van der Waals surface area contributed by atoms with Gasteiger partial charge in [-0.2, -0.15) is 0 Å². The highest BCUT2D eigenvalue weighted by molar-refractivity contribution is 5.96. The molecular formula is C26H20F2N6O4. The van der Waals surface area contributed by atoms with E-state index in [1.165, 1.54) is 18.6 Å². The van der Waals surface area contributed by atoms with E-state index in [2.05, 4.69) is 32.4 Å². The van der Waals surface area contributed by atoms with Crippen LogP contribution in [0.4, 0.5) is 20.2 Å². The van der Waals surface area contributed by atoms with E-state index in [9.17, 15) is 28.5 Å². The summed E-state index contributed by atoms with van der Waals surface area (Å²) in [7, 11) is 0. The maximum atomic E-state index is 13.5. The average molecular weight is 518 g/mol. The fourth-order valence-electron chi connectivity index (χ4n) is 3.68. The molecule has 0 bridgehead atoms. The van der Waals surface area contributed by atoms with Crippen LogP contribution in [0.5, 0.6) is 0 Å². The maximum Gasteiger partial charge on any atom is 0.311 e. The van der Waals surface area contributed by atoms with Crippen LogP contribution in [-0.4, -0.2) is 38.5 Å². The lowest BCUT2D eigenvalue weighted by Gasteiger charge is -2.08. The summed E-state index contributed by atoms with van der Waals surface area (Å²) < 4.78 is 27.7. The first-order chi connectivity index (χ1) is 18.3. The number of halogens is 2. The van der Waals surface area contributed by atoms with Crippen LogP contribution >= 0.6 is 0 Å². The van der Waals surface area contributed by atoms with E-state index in [-0.39, 0.29) is 24.3 Å². The average Bonchev–Trinajstić information content (AvgIpc) is 2.90. The molecule has 2 heterocycles. The van der Waals surface area contributed by atoms with Crippen LogP contribution in [0.2, 0.25) is 0 Å². The van der Waals surface area contributed by atoms with E-state index in [0.29, 0.717) is 34.3 Å². The highest BCUT2D eigenvalue weighted by Crippen LogP contribution is 2.31. The summed E-state index contributed by atoms with van der Waals surface area (Å²) in [4.78, 5) is 44.1. The number of aromatic nitrogens is 3. The Kier molecular flexibility index (Phi) is 7.67.